The van der Waals surface area contributed by atoms with Gasteiger partial charge in [-0.3, -0.25) is 14.4 Å². The quantitative estimate of drug-likeness (QED) is 0.170. The summed E-state index contributed by atoms with van der Waals surface area (Å²) in [5, 5.41) is 6.20. The number of nitrogens with zero attached hydrogens (tertiary/aromatic N) is 2. The lowest BCUT2D eigenvalue weighted by atomic mass is 10.1. The number of para-hydroxylation sites is 3. The highest BCUT2D eigenvalue weighted by Crippen LogP contribution is 2.23. The largest absolute Gasteiger partial charge is 0.397 e. The first-order chi connectivity index (χ1) is 18.5. The molecule has 9 heteroatoms. The molecular weight excluding hydrogens is 498 g/mol. The summed E-state index contributed by atoms with van der Waals surface area (Å²) in [4.78, 5) is 42.9. The number of aryl methyl sites for hydroxylation is 1. The van der Waals surface area contributed by atoms with Crippen LogP contribution in [0.3, 0.4) is 0 Å². The summed E-state index contributed by atoms with van der Waals surface area (Å²) in [6.07, 6.45) is 4.34. The van der Waals surface area contributed by atoms with E-state index in [0.717, 1.165) is 28.6 Å². The molecule has 192 valence electrons. The van der Waals surface area contributed by atoms with Crippen molar-refractivity contribution in [2.24, 2.45) is 0 Å². The van der Waals surface area contributed by atoms with Gasteiger partial charge in [0.05, 0.1) is 32.6 Å². The van der Waals surface area contributed by atoms with E-state index in [0.29, 0.717) is 41.8 Å². The number of thiazole rings is 1. The van der Waals surface area contributed by atoms with Crippen LogP contribution in [-0.2, 0) is 11.3 Å². The average Bonchev–Trinajstić information content (AvgIpc) is 3.39. The highest BCUT2D eigenvalue weighted by molar-refractivity contribution is 7.16. The van der Waals surface area contributed by atoms with Crippen molar-refractivity contribution in [2.75, 3.05) is 16.4 Å². The third-order valence-electron chi connectivity index (χ3n) is 6.36. The van der Waals surface area contributed by atoms with Crippen LogP contribution in [-0.4, -0.2) is 21.4 Å². The van der Waals surface area contributed by atoms with E-state index in [2.05, 4.69) is 15.6 Å². The van der Waals surface area contributed by atoms with Crippen molar-refractivity contribution in [3.05, 3.63) is 94.2 Å². The van der Waals surface area contributed by atoms with Crippen LogP contribution < -0.4 is 21.8 Å². The van der Waals surface area contributed by atoms with Crippen LogP contribution in [0.4, 0.5) is 17.1 Å². The van der Waals surface area contributed by atoms with Crippen LogP contribution in [0.15, 0.2) is 83.2 Å². The Kier molecular flexibility index (Phi) is 7.46. The Morgan fingerprint density at radius 3 is 2.63 bits per heavy atom. The predicted octanol–water partition coefficient (Wildman–Crippen LogP) is 5.64. The summed E-state index contributed by atoms with van der Waals surface area (Å²) in [7, 11) is 0. The molecule has 0 unspecified atom stereocenters. The Bertz CT molecular complexity index is 1690. The van der Waals surface area contributed by atoms with E-state index in [-0.39, 0.29) is 16.9 Å². The van der Waals surface area contributed by atoms with Gasteiger partial charge in [-0.2, -0.15) is 0 Å². The molecule has 38 heavy (non-hydrogen) atoms. The Morgan fingerprint density at radius 2 is 1.76 bits per heavy atom. The zero-order chi connectivity index (χ0) is 26.5. The van der Waals surface area contributed by atoms with Gasteiger partial charge < -0.3 is 20.9 Å². The number of hydrogen-bond donors (Lipinski definition) is 3. The number of carbonyl (C=O) groups is 2. The van der Waals surface area contributed by atoms with Crippen molar-refractivity contribution in [3.63, 3.8) is 0 Å². The lowest BCUT2D eigenvalue weighted by Crippen LogP contribution is -2.24. The van der Waals surface area contributed by atoms with E-state index in [1.165, 1.54) is 11.3 Å². The van der Waals surface area contributed by atoms with E-state index in [1.54, 1.807) is 42.0 Å². The van der Waals surface area contributed by atoms with Crippen molar-refractivity contribution < 1.29 is 9.59 Å². The van der Waals surface area contributed by atoms with E-state index >= 15 is 0 Å². The minimum Gasteiger partial charge on any atom is -0.397 e. The molecule has 2 aromatic heterocycles. The average molecular weight is 526 g/mol. The second-order valence-electron chi connectivity index (χ2n) is 9.02. The summed E-state index contributed by atoms with van der Waals surface area (Å²) >= 11 is 1.49. The number of rotatable bonds is 9. The minimum absolute atomic E-state index is 0.0767. The lowest BCUT2D eigenvalue weighted by Gasteiger charge is -2.14. The Hall–Kier alpha value is -4.50. The van der Waals surface area contributed by atoms with Gasteiger partial charge in [0, 0.05) is 30.2 Å². The number of nitrogens with one attached hydrogen (secondary N) is 2. The number of fused-ring (bicyclic) bond motifs is 2. The fourth-order valence-corrected chi connectivity index (χ4v) is 5.11. The van der Waals surface area contributed by atoms with Crippen molar-refractivity contribution >= 4 is 61.3 Å². The molecule has 2 heterocycles. The molecular formula is C29H27N5O3S. The number of amides is 2. The summed E-state index contributed by atoms with van der Waals surface area (Å²) in [5.41, 5.74) is 10.8. The third-order valence-corrected chi connectivity index (χ3v) is 7.15. The maximum absolute atomic E-state index is 13.2. The first-order valence-electron chi connectivity index (χ1n) is 12.4. The fourth-order valence-electron chi connectivity index (χ4n) is 4.39. The molecule has 0 bridgehead atoms. The maximum atomic E-state index is 13.2. The molecule has 0 aliphatic rings. The van der Waals surface area contributed by atoms with Crippen molar-refractivity contribution in [1.82, 2.24) is 9.55 Å². The number of nitrogens with two attached hydrogens (primary N) is 1. The number of benzene rings is 3. The summed E-state index contributed by atoms with van der Waals surface area (Å²) < 4.78 is 2.91. The lowest BCUT2D eigenvalue weighted by molar-refractivity contribution is -0.116. The normalized spacial score (nSPS) is 11.1. The van der Waals surface area contributed by atoms with Gasteiger partial charge in [0.25, 0.3) is 5.91 Å². The first kappa shape index (κ1) is 25.2. The second kappa shape index (κ2) is 11.3. The smallest absolute Gasteiger partial charge is 0.261 e. The van der Waals surface area contributed by atoms with Gasteiger partial charge in [0.2, 0.25) is 11.3 Å². The minimum atomic E-state index is -0.449. The molecule has 0 saturated heterocycles. The van der Waals surface area contributed by atoms with E-state index < -0.39 is 5.91 Å². The van der Waals surface area contributed by atoms with Crippen LogP contribution in [0.25, 0.3) is 21.1 Å². The zero-order valence-corrected chi connectivity index (χ0v) is 21.5. The predicted molar refractivity (Wildman–Crippen MR) is 154 cm³/mol. The monoisotopic (exact) mass is 525 g/mol. The van der Waals surface area contributed by atoms with Crippen LogP contribution in [0, 0.1) is 0 Å². The van der Waals surface area contributed by atoms with Gasteiger partial charge in [-0.15, -0.1) is 11.3 Å². The number of nitrogen functional groups attached to an aromatic ring is 1. The number of carbonyl (C=O) groups excluding carboxylic acids is 2. The third kappa shape index (κ3) is 5.57. The van der Waals surface area contributed by atoms with Crippen LogP contribution in [0.5, 0.6) is 0 Å². The summed E-state index contributed by atoms with van der Waals surface area (Å²) in [5.74, 6) is -0.526. The molecule has 0 aliphatic carbocycles. The molecule has 0 spiro atoms. The van der Waals surface area contributed by atoms with E-state index in [1.807, 2.05) is 41.0 Å². The molecule has 0 atom stereocenters. The highest BCUT2D eigenvalue weighted by atomic mass is 32.1. The number of pyridine rings is 1. The number of anilines is 3. The van der Waals surface area contributed by atoms with Gasteiger partial charge in [0.1, 0.15) is 5.56 Å². The molecule has 0 saturated carbocycles. The van der Waals surface area contributed by atoms with Crippen molar-refractivity contribution in [1.29, 1.82) is 0 Å². The highest BCUT2D eigenvalue weighted by Gasteiger charge is 2.16. The van der Waals surface area contributed by atoms with Crippen molar-refractivity contribution in [3.8, 4) is 0 Å². The van der Waals surface area contributed by atoms with Crippen LogP contribution >= 0.6 is 11.3 Å². The maximum Gasteiger partial charge on any atom is 0.261 e. The Morgan fingerprint density at radius 1 is 0.947 bits per heavy atom. The fraction of sp³-hybridized carbons (Fsp3) is 0.172. The van der Waals surface area contributed by atoms with Gasteiger partial charge in [0.15, 0.2) is 0 Å². The molecule has 0 aliphatic heterocycles. The molecule has 5 aromatic rings. The summed E-state index contributed by atoms with van der Waals surface area (Å²) in [6, 6.07) is 20.0. The van der Waals surface area contributed by atoms with Crippen LogP contribution in [0.2, 0.25) is 0 Å². The van der Waals surface area contributed by atoms with Gasteiger partial charge in [-0.05, 0) is 55.3 Å². The van der Waals surface area contributed by atoms with Gasteiger partial charge in [-0.1, -0.05) is 30.7 Å². The molecule has 4 N–H and O–H groups in total. The topological polar surface area (TPSA) is 119 Å². The van der Waals surface area contributed by atoms with E-state index in [9.17, 15) is 14.4 Å². The number of aromatic nitrogens is 2. The van der Waals surface area contributed by atoms with E-state index in [4.69, 9.17) is 5.73 Å². The van der Waals surface area contributed by atoms with Gasteiger partial charge >= 0.3 is 0 Å². The number of unbranched alkanes of at least 4 members (excludes halogenated alkanes) is 2. The van der Waals surface area contributed by atoms with Gasteiger partial charge in [-0.25, -0.2) is 4.98 Å². The Balaban J connectivity index is 1.25. The summed E-state index contributed by atoms with van der Waals surface area (Å²) in [6.45, 7) is 0.612. The molecule has 0 fully saturated rings. The molecule has 8 nitrogen and oxygen atoms in total. The number of hydrogen-bond acceptors (Lipinski definition) is 6. The van der Waals surface area contributed by atoms with Crippen LogP contribution in [0.1, 0.15) is 36.0 Å². The molecule has 2 amide bonds. The first-order valence-corrected chi connectivity index (χ1v) is 13.3. The zero-order valence-electron chi connectivity index (χ0n) is 20.6. The standard InChI is InChI=1S/C29H27N5O3S/c30-22-9-4-5-10-23(22)33-27(35)12-2-1-7-15-34-17-21(28(36)20-8-3-6-11-25(20)34)29(37)32-19-13-14-24-26(16-19)38-18-31-24/h3-6,8-11,13-14,16-18H,1-2,7,12,15,30H2,(H,32,37)(H,33,35). The molecule has 0 radical (unpaired) electrons. The SMILES string of the molecule is Nc1ccccc1NC(=O)CCCCCn1cc(C(=O)Nc2ccc3ncsc3c2)c(=O)c2ccccc21. The second-order valence-corrected chi connectivity index (χ2v) is 9.90. The molecule has 5 rings (SSSR count). The molecule has 3 aromatic carbocycles. The Labute approximate surface area is 223 Å². The van der Waals surface area contributed by atoms with Crippen molar-refractivity contribution in [2.45, 2.75) is 32.2 Å².